The monoisotopic (exact) mass is 171 g/mol. The average Bonchev–Trinajstić information content (AvgIpc) is 2.57. The molecule has 2 aromatic rings. The third-order valence-electron chi connectivity index (χ3n) is 1.91. The number of rotatable bonds is 2. The molecule has 0 aromatic carbocycles. The fourth-order valence-corrected chi connectivity index (χ4v) is 1.29. The maximum absolute atomic E-state index is 8.42. The van der Waals surface area contributed by atoms with Gasteiger partial charge in [0.05, 0.1) is 11.8 Å². The van der Waals surface area contributed by atoms with Crippen molar-refractivity contribution in [2.75, 3.05) is 0 Å². The van der Waals surface area contributed by atoms with Gasteiger partial charge in [-0.15, -0.1) is 0 Å². The number of hydrogen-bond donors (Lipinski definition) is 0. The Morgan fingerprint density at radius 3 is 3.15 bits per heavy atom. The van der Waals surface area contributed by atoms with E-state index in [1.807, 2.05) is 35.0 Å². The van der Waals surface area contributed by atoms with Crippen LogP contribution < -0.4 is 0 Å². The zero-order valence-electron chi connectivity index (χ0n) is 7.14. The van der Waals surface area contributed by atoms with E-state index in [-0.39, 0.29) is 0 Å². The number of aromatic nitrogens is 2. The second kappa shape index (κ2) is 3.28. The standard InChI is InChI=1S/C10H9N3/c11-6-3-4-9-8-13-7-2-1-5-10(13)12-9/h1-2,5,7-8H,3-4H2. The van der Waals surface area contributed by atoms with Crippen LogP contribution in [0.2, 0.25) is 0 Å². The number of fused-ring (bicyclic) bond motifs is 1. The molecule has 0 saturated carbocycles. The van der Waals surface area contributed by atoms with Crippen LogP contribution in [0.1, 0.15) is 12.1 Å². The van der Waals surface area contributed by atoms with E-state index < -0.39 is 0 Å². The summed E-state index contributed by atoms with van der Waals surface area (Å²) in [4.78, 5) is 4.36. The van der Waals surface area contributed by atoms with Crippen molar-refractivity contribution in [3.63, 3.8) is 0 Å². The van der Waals surface area contributed by atoms with Crippen molar-refractivity contribution in [3.8, 4) is 6.07 Å². The summed E-state index contributed by atoms with van der Waals surface area (Å²) < 4.78 is 1.96. The molecule has 0 unspecified atom stereocenters. The van der Waals surface area contributed by atoms with Crippen LogP contribution in [-0.4, -0.2) is 9.38 Å². The molecule has 0 amide bonds. The van der Waals surface area contributed by atoms with Crippen molar-refractivity contribution in [2.24, 2.45) is 0 Å². The summed E-state index contributed by atoms with van der Waals surface area (Å²) >= 11 is 0. The predicted molar refractivity (Wildman–Crippen MR) is 49.1 cm³/mol. The van der Waals surface area contributed by atoms with Gasteiger partial charge in [0.25, 0.3) is 0 Å². The Labute approximate surface area is 76.3 Å². The Bertz CT molecular complexity index is 417. The number of pyridine rings is 1. The number of nitrogens with zero attached hydrogens (tertiary/aromatic N) is 3. The Hall–Kier alpha value is -1.82. The van der Waals surface area contributed by atoms with Gasteiger partial charge in [0.15, 0.2) is 0 Å². The summed E-state index contributed by atoms with van der Waals surface area (Å²) in [5.41, 5.74) is 1.92. The van der Waals surface area contributed by atoms with Gasteiger partial charge < -0.3 is 4.40 Å². The first kappa shape index (κ1) is 7.81. The molecule has 3 nitrogen and oxygen atoms in total. The summed E-state index contributed by atoms with van der Waals surface area (Å²) in [5.74, 6) is 0. The van der Waals surface area contributed by atoms with Crippen LogP contribution in [0.25, 0.3) is 5.65 Å². The molecule has 0 bridgehead atoms. The van der Waals surface area contributed by atoms with Crippen LogP contribution in [0.5, 0.6) is 0 Å². The Morgan fingerprint density at radius 2 is 2.38 bits per heavy atom. The fraction of sp³-hybridized carbons (Fsp3) is 0.200. The van der Waals surface area contributed by atoms with E-state index in [9.17, 15) is 0 Å². The van der Waals surface area contributed by atoms with Crippen molar-refractivity contribution in [1.82, 2.24) is 9.38 Å². The van der Waals surface area contributed by atoms with Crippen LogP contribution in [0.15, 0.2) is 30.6 Å². The molecule has 64 valence electrons. The summed E-state index contributed by atoms with van der Waals surface area (Å²) in [6.45, 7) is 0. The van der Waals surface area contributed by atoms with Crippen molar-refractivity contribution < 1.29 is 0 Å². The molecule has 0 aliphatic carbocycles. The van der Waals surface area contributed by atoms with E-state index in [1.54, 1.807) is 0 Å². The molecule has 0 aliphatic rings. The van der Waals surface area contributed by atoms with Crippen molar-refractivity contribution in [2.45, 2.75) is 12.8 Å². The molecule has 3 heteroatoms. The highest BCUT2D eigenvalue weighted by Gasteiger charge is 1.98. The third kappa shape index (κ3) is 1.52. The van der Waals surface area contributed by atoms with Crippen molar-refractivity contribution in [3.05, 3.63) is 36.3 Å². The lowest BCUT2D eigenvalue weighted by Crippen LogP contribution is -1.81. The topological polar surface area (TPSA) is 41.1 Å². The predicted octanol–water partition coefficient (Wildman–Crippen LogP) is 1.79. The van der Waals surface area contributed by atoms with E-state index in [4.69, 9.17) is 5.26 Å². The lowest BCUT2D eigenvalue weighted by atomic mass is 10.3. The summed E-state index contributed by atoms with van der Waals surface area (Å²) in [6, 6.07) is 7.98. The first-order valence-corrected chi connectivity index (χ1v) is 4.20. The second-order valence-electron chi connectivity index (χ2n) is 2.86. The number of nitriles is 1. The molecule has 0 N–H and O–H groups in total. The molecule has 2 aromatic heterocycles. The van der Waals surface area contributed by atoms with Gasteiger partial charge in [0.2, 0.25) is 0 Å². The molecule has 0 atom stereocenters. The SMILES string of the molecule is N#CCCc1cn2ccccc2n1. The quantitative estimate of drug-likeness (QED) is 0.691. The third-order valence-corrected chi connectivity index (χ3v) is 1.91. The van der Waals surface area contributed by atoms with Gasteiger partial charge in [-0.1, -0.05) is 6.07 Å². The Balaban J connectivity index is 2.34. The van der Waals surface area contributed by atoms with Gasteiger partial charge in [0.1, 0.15) is 5.65 Å². The van der Waals surface area contributed by atoms with Crippen molar-refractivity contribution in [1.29, 1.82) is 5.26 Å². The lowest BCUT2D eigenvalue weighted by molar-refractivity contribution is 0.970. The van der Waals surface area contributed by atoms with Gasteiger partial charge in [0, 0.05) is 25.2 Å². The van der Waals surface area contributed by atoms with E-state index in [2.05, 4.69) is 11.1 Å². The lowest BCUT2D eigenvalue weighted by Gasteiger charge is -1.86. The molecule has 0 fully saturated rings. The van der Waals surface area contributed by atoms with Gasteiger partial charge >= 0.3 is 0 Å². The number of hydrogen-bond acceptors (Lipinski definition) is 2. The normalized spacial score (nSPS) is 10.1. The largest absolute Gasteiger partial charge is 0.307 e. The highest BCUT2D eigenvalue weighted by molar-refractivity contribution is 5.39. The zero-order valence-corrected chi connectivity index (χ0v) is 7.14. The van der Waals surface area contributed by atoms with Gasteiger partial charge in [-0.05, 0) is 12.1 Å². The molecular weight excluding hydrogens is 162 g/mol. The maximum Gasteiger partial charge on any atom is 0.136 e. The second-order valence-corrected chi connectivity index (χ2v) is 2.86. The molecule has 0 saturated heterocycles. The van der Waals surface area contributed by atoms with Gasteiger partial charge in [-0.3, -0.25) is 0 Å². The summed E-state index contributed by atoms with van der Waals surface area (Å²) in [6.07, 6.45) is 5.19. The fourth-order valence-electron chi connectivity index (χ4n) is 1.29. The zero-order chi connectivity index (χ0) is 9.10. The molecule has 2 rings (SSSR count). The Morgan fingerprint density at radius 1 is 1.46 bits per heavy atom. The van der Waals surface area contributed by atoms with Gasteiger partial charge in [-0.2, -0.15) is 5.26 Å². The number of aryl methyl sites for hydroxylation is 1. The van der Waals surface area contributed by atoms with Gasteiger partial charge in [-0.25, -0.2) is 4.98 Å². The van der Waals surface area contributed by atoms with Crippen LogP contribution in [0.4, 0.5) is 0 Å². The molecule has 13 heavy (non-hydrogen) atoms. The highest BCUT2D eigenvalue weighted by atomic mass is 15.0. The first-order valence-electron chi connectivity index (χ1n) is 4.20. The first-order chi connectivity index (χ1) is 6.40. The summed E-state index contributed by atoms with van der Waals surface area (Å²) in [5, 5.41) is 8.42. The molecule has 0 radical (unpaired) electrons. The number of imidazole rings is 1. The minimum Gasteiger partial charge on any atom is -0.307 e. The molecule has 0 spiro atoms. The van der Waals surface area contributed by atoms with E-state index >= 15 is 0 Å². The maximum atomic E-state index is 8.42. The Kier molecular flexibility index (Phi) is 1.97. The highest BCUT2D eigenvalue weighted by Crippen LogP contribution is 2.05. The van der Waals surface area contributed by atoms with E-state index in [0.717, 1.165) is 17.8 Å². The molecular formula is C10H9N3. The smallest absolute Gasteiger partial charge is 0.136 e. The minimum atomic E-state index is 0.532. The van der Waals surface area contributed by atoms with Crippen molar-refractivity contribution >= 4 is 5.65 Å². The molecule has 2 heterocycles. The van der Waals surface area contributed by atoms with Crippen LogP contribution in [0.3, 0.4) is 0 Å². The van der Waals surface area contributed by atoms with Crippen LogP contribution in [-0.2, 0) is 6.42 Å². The minimum absolute atomic E-state index is 0.532. The summed E-state index contributed by atoms with van der Waals surface area (Å²) in [7, 11) is 0. The molecule has 0 aliphatic heterocycles. The van der Waals surface area contributed by atoms with Crippen LogP contribution in [0, 0.1) is 11.3 Å². The van der Waals surface area contributed by atoms with Crippen LogP contribution >= 0.6 is 0 Å². The van der Waals surface area contributed by atoms with E-state index in [0.29, 0.717) is 6.42 Å². The van der Waals surface area contributed by atoms with E-state index in [1.165, 1.54) is 0 Å². The average molecular weight is 171 g/mol.